The van der Waals surface area contributed by atoms with Crippen LogP contribution < -0.4 is 5.32 Å². The maximum absolute atomic E-state index is 4.69. The third kappa shape index (κ3) is 2.00. The van der Waals surface area contributed by atoms with Gasteiger partial charge in [-0.2, -0.15) is 0 Å². The van der Waals surface area contributed by atoms with E-state index in [1.165, 1.54) is 24.2 Å². The van der Waals surface area contributed by atoms with Crippen LogP contribution in [0.3, 0.4) is 0 Å². The van der Waals surface area contributed by atoms with Gasteiger partial charge in [-0.15, -0.1) is 0 Å². The molecule has 1 unspecified atom stereocenters. The molecule has 0 spiro atoms. The number of halogens is 1. The van der Waals surface area contributed by atoms with Crippen molar-refractivity contribution >= 4 is 21.4 Å². The Morgan fingerprint density at radius 1 is 1.47 bits per heavy atom. The van der Waals surface area contributed by atoms with E-state index >= 15 is 0 Å². The monoisotopic (exact) mass is 293 g/mol. The Morgan fingerprint density at radius 2 is 2.35 bits per heavy atom. The first-order valence-electron chi connectivity index (χ1n) is 6.10. The molecule has 2 aromatic heterocycles. The molecule has 1 fully saturated rings. The van der Waals surface area contributed by atoms with Crippen LogP contribution in [0.1, 0.15) is 30.1 Å². The van der Waals surface area contributed by atoms with Crippen LogP contribution in [0.25, 0.3) is 5.52 Å². The zero-order valence-corrected chi connectivity index (χ0v) is 11.5. The van der Waals surface area contributed by atoms with Crippen LogP contribution in [0, 0.1) is 6.92 Å². The molecule has 0 saturated carbocycles. The van der Waals surface area contributed by atoms with Crippen molar-refractivity contribution in [1.82, 2.24) is 14.7 Å². The molecule has 1 atom stereocenters. The molecule has 1 aliphatic heterocycles. The maximum atomic E-state index is 4.69. The van der Waals surface area contributed by atoms with Gasteiger partial charge in [0, 0.05) is 18.7 Å². The molecule has 0 amide bonds. The number of nitrogens with one attached hydrogen (secondary N) is 1. The molecular weight excluding hydrogens is 278 g/mol. The highest BCUT2D eigenvalue weighted by molar-refractivity contribution is 9.10. The van der Waals surface area contributed by atoms with Crippen molar-refractivity contribution in [2.75, 3.05) is 13.1 Å². The fraction of sp³-hybridized carbons (Fsp3) is 0.462. The summed E-state index contributed by atoms with van der Waals surface area (Å²) in [7, 11) is 0. The summed E-state index contributed by atoms with van der Waals surface area (Å²) < 4.78 is 3.19. The molecule has 3 rings (SSSR count). The zero-order valence-electron chi connectivity index (χ0n) is 9.91. The van der Waals surface area contributed by atoms with E-state index in [1.54, 1.807) is 0 Å². The number of fused-ring (bicyclic) bond motifs is 1. The van der Waals surface area contributed by atoms with E-state index in [2.05, 4.69) is 50.9 Å². The SMILES string of the molecule is Cc1ccc2c(Br)nc(C3CCCNC3)n2c1. The number of rotatable bonds is 1. The van der Waals surface area contributed by atoms with Gasteiger partial charge >= 0.3 is 0 Å². The number of pyridine rings is 1. The summed E-state index contributed by atoms with van der Waals surface area (Å²) >= 11 is 3.56. The number of hydrogen-bond donors (Lipinski definition) is 1. The Balaban J connectivity index is 2.11. The van der Waals surface area contributed by atoms with E-state index in [4.69, 9.17) is 4.98 Å². The average molecular weight is 294 g/mol. The molecule has 4 heteroatoms. The minimum Gasteiger partial charge on any atom is -0.316 e. The molecule has 3 nitrogen and oxygen atoms in total. The highest BCUT2D eigenvalue weighted by Gasteiger charge is 2.21. The molecule has 0 radical (unpaired) electrons. The predicted molar refractivity (Wildman–Crippen MR) is 72.5 cm³/mol. The Bertz CT molecular complexity index is 541. The number of hydrogen-bond acceptors (Lipinski definition) is 2. The van der Waals surface area contributed by atoms with E-state index in [9.17, 15) is 0 Å². The molecule has 17 heavy (non-hydrogen) atoms. The summed E-state index contributed by atoms with van der Waals surface area (Å²) in [4.78, 5) is 4.69. The Kier molecular flexibility index (Phi) is 2.92. The number of imidazole rings is 1. The van der Waals surface area contributed by atoms with Gasteiger partial charge in [0.2, 0.25) is 0 Å². The van der Waals surface area contributed by atoms with Crippen LogP contribution in [-0.2, 0) is 0 Å². The molecule has 90 valence electrons. The van der Waals surface area contributed by atoms with Gasteiger partial charge in [-0.05, 0) is 53.9 Å². The lowest BCUT2D eigenvalue weighted by molar-refractivity contribution is 0.445. The van der Waals surface area contributed by atoms with Gasteiger partial charge in [0.1, 0.15) is 10.4 Å². The van der Waals surface area contributed by atoms with Gasteiger partial charge in [0.05, 0.1) is 5.52 Å². The van der Waals surface area contributed by atoms with Crippen LogP contribution in [-0.4, -0.2) is 22.5 Å². The van der Waals surface area contributed by atoms with Crippen molar-refractivity contribution in [3.05, 3.63) is 34.3 Å². The normalized spacial score (nSPS) is 20.9. The van der Waals surface area contributed by atoms with Gasteiger partial charge in [-0.3, -0.25) is 0 Å². The lowest BCUT2D eigenvalue weighted by atomic mass is 9.99. The average Bonchev–Trinajstić information content (AvgIpc) is 2.67. The van der Waals surface area contributed by atoms with Gasteiger partial charge in [0.15, 0.2) is 0 Å². The van der Waals surface area contributed by atoms with Gasteiger partial charge < -0.3 is 9.72 Å². The van der Waals surface area contributed by atoms with E-state index in [-0.39, 0.29) is 0 Å². The topological polar surface area (TPSA) is 29.3 Å². The molecule has 2 aromatic rings. The largest absolute Gasteiger partial charge is 0.316 e. The highest BCUT2D eigenvalue weighted by atomic mass is 79.9. The number of aromatic nitrogens is 2. The third-order valence-corrected chi connectivity index (χ3v) is 4.01. The van der Waals surface area contributed by atoms with Gasteiger partial charge in [0.25, 0.3) is 0 Å². The van der Waals surface area contributed by atoms with E-state index < -0.39 is 0 Å². The second-order valence-electron chi connectivity index (χ2n) is 4.77. The third-order valence-electron chi connectivity index (χ3n) is 3.43. The molecule has 1 N–H and O–H groups in total. The second kappa shape index (κ2) is 4.42. The minimum absolute atomic E-state index is 0.532. The van der Waals surface area contributed by atoms with Crippen LogP contribution in [0.2, 0.25) is 0 Å². The highest BCUT2D eigenvalue weighted by Crippen LogP contribution is 2.27. The summed E-state index contributed by atoms with van der Waals surface area (Å²) in [6, 6.07) is 4.26. The molecule has 0 bridgehead atoms. The van der Waals surface area contributed by atoms with Crippen molar-refractivity contribution in [3.63, 3.8) is 0 Å². The fourth-order valence-corrected chi connectivity index (χ4v) is 3.04. The lowest BCUT2D eigenvalue weighted by Gasteiger charge is -2.21. The number of nitrogens with zero attached hydrogens (tertiary/aromatic N) is 2. The first-order valence-corrected chi connectivity index (χ1v) is 6.90. The smallest absolute Gasteiger partial charge is 0.132 e. The predicted octanol–water partition coefficient (Wildman–Crippen LogP) is 2.87. The van der Waals surface area contributed by atoms with Gasteiger partial charge in [-0.25, -0.2) is 4.98 Å². The van der Waals surface area contributed by atoms with Crippen molar-refractivity contribution in [2.45, 2.75) is 25.7 Å². The summed E-state index contributed by atoms with van der Waals surface area (Å²) in [5, 5.41) is 3.45. The van der Waals surface area contributed by atoms with Crippen LogP contribution in [0.5, 0.6) is 0 Å². The summed E-state index contributed by atoms with van der Waals surface area (Å²) in [6.07, 6.45) is 4.65. The van der Waals surface area contributed by atoms with E-state index in [0.29, 0.717) is 5.92 Å². The molecule has 0 aromatic carbocycles. The van der Waals surface area contributed by atoms with Crippen LogP contribution in [0.15, 0.2) is 22.9 Å². The molecular formula is C13H16BrN3. The van der Waals surface area contributed by atoms with Crippen molar-refractivity contribution in [2.24, 2.45) is 0 Å². The van der Waals surface area contributed by atoms with Crippen LogP contribution in [0.4, 0.5) is 0 Å². The molecule has 3 heterocycles. The fourth-order valence-electron chi connectivity index (χ4n) is 2.54. The second-order valence-corrected chi connectivity index (χ2v) is 5.52. The summed E-state index contributed by atoms with van der Waals surface area (Å²) in [6.45, 7) is 4.30. The quantitative estimate of drug-likeness (QED) is 0.876. The first-order chi connectivity index (χ1) is 8.25. The van der Waals surface area contributed by atoms with E-state index in [1.807, 2.05) is 0 Å². The lowest BCUT2D eigenvalue weighted by Crippen LogP contribution is -2.29. The number of piperidine rings is 1. The maximum Gasteiger partial charge on any atom is 0.132 e. The standard InChI is InChI=1S/C13H16BrN3/c1-9-4-5-11-12(14)16-13(17(11)8-9)10-3-2-6-15-7-10/h4-5,8,10,15H,2-3,6-7H2,1H3. The number of aryl methyl sites for hydroxylation is 1. The van der Waals surface area contributed by atoms with Gasteiger partial charge in [-0.1, -0.05) is 6.07 Å². The Labute approximate surface area is 109 Å². The van der Waals surface area contributed by atoms with Crippen molar-refractivity contribution in [1.29, 1.82) is 0 Å². The minimum atomic E-state index is 0.532. The van der Waals surface area contributed by atoms with Crippen LogP contribution >= 0.6 is 15.9 Å². The Morgan fingerprint density at radius 3 is 3.12 bits per heavy atom. The molecule has 0 aliphatic carbocycles. The Hall–Kier alpha value is -0.870. The molecule has 1 aliphatic rings. The first kappa shape index (κ1) is 11.2. The summed E-state index contributed by atoms with van der Waals surface area (Å²) in [5.41, 5.74) is 2.43. The molecule has 1 saturated heterocycles. The van der Waals surface area contributed by atoms with Crippen molar-refractivity contribution in [3.8, 4) is 0 Å². The van der Waals surface area contributed by atoms with E-state index in [0.717, 1.165) is 23.2 Å². The van der Waals surface area contributed by atoms with Crippen molar-refractivity contribution < 1.29 is 0 Å². The zero-order chi connectivity index (χ0) is 11.8. The summed E-state index contributed by atoms with van der Waals surface area (Å²) in [5.74, 6) is 1.71.